The fraction of sp³-hybridized carbons (Fsp3) is 0. The van der Waals surface area contributed by atoms with E-state index in [4.69, 9.17) is 27.4 Å². The lowest BCUT2D eigenvalue weighted by Gasteiger charge is -1.96. The molecule has 0 fully saturated rings. The summed E-state index contributed by atoms with van der Waals surface area (Å²) in [5.74, 6) is -1.87. The molecule has 0 heterocycles. The molecule has 0 aliphatic carbocycles. The van der Waals surface area contributed by atoms with E-state index >= 15 is 0 Å². The highest BCUT2D eigenvalue weighted by atomic mass is 16.4. The second-order valence-electron chi connectivity index (χ2n) is 5.19. The van der Waals surface area contributed by atoms with Crippen molar-refractivity contribution in [3.05, 3.63) is 90.0 Å². The molecule has 0 radical (unpaired) electrons. The van der Waals surface area contributed by atoms with Crippen LogP contribution in [0.2, 0.25) is 0 Å². The minimum Gasteiger partial charge on any atom is -0.478 e. The number of para-hydroxylation sites is 3. The van der Waals surface area contributed by atoms with E-state index in [-0.39, 0.29) is 5.56 Å². The number of hydrogen-bond donors (Lipinski definition) is 5. The minimum absolute atomic E-state index is 0.155. The smallest absolute Gasteiger partial charge is 0.337 e. The van der Waals surface area contributed by atoms with Gasteiger partial charge in [0, 0.05) is 5.69 Å². The highest BCUT2D eigenvalue weighted by Crippen LogP contribution is 2.10. The highest BCUT2D eigenvalue weighted by molar-refractivity contribution is 5.93. The summed E-state index contributed by atoms with van der Waals surface area (Å²) in [6.45, 7) is 0. The van der Waals surface area contributed by atoms with Gasteiger partial charge in [-0.15, -0.1) is 0 Å². The zero-order valence-electron chi connectivity index (χ0n) is 14.4. The van der Waals surface area contributed by atoms with Crippen molar-refractivity contribution in [1.29, 1.82) is 0 Å². The van der Waals surface area contributed by atoms with Gasteiger partial charge in [0.2, 0.25) is 0 Å². The van der Waals surface area contributed by atoms with Gasteiger partial charge in [-0.05, 0) is 36.4 Å². The van der Waals surface area contributed by atoms with Crippen LogP contribution in [0.5, 0.6) is 0 Å². The van der Waals surface area contributed by atoms with Crippen LogP contribution in [0, 0.1) is 0 Å². The van der Waals surface area contributed by atoms with Crippen molar-refractivity contribution in [3.8, 4) is 0 Å². The zero-order chi connectivity index (χ0) is 20.2. The standard InChI is InChI=1S/C7H7NO2.C7H6O2.C6H8N2/c8-6-4-2-1-3-5(6)7(9)10;8-7(9)6-4-2-1-3-5-6;7-5-3-1-2-4-6(5)8/h1-4H,8H2,(H,9,10);1-5H,(H,8,9);1-4H,7-8H2. The van der Waals surface area contributed by atoms with E-state index in [2.05, 4.69) is 0 Å². The Morgan fingerprint density at radius 3 is 1.26 bits per heavy atom. The van der Waals surface area contributed by atoms with Crippen molar-refractivity contribution >= 4 is 29.0 Å². The summed E-state index contributed by atoms with van der Waals surface area (Å²) in [7, 11) is 0. The molecule has 3 aromatic rings. The molecule has 27 heavy (non-hydrogen) atoms. The number of benzene rings is 3. The van der Waals surface area contributed by atoms with Gasteiger partial charge in [0.15, 0.2) is 0 Å². The lowest BCUT2D eigenvalue weighted by Crippen LogP contribution is -2.00. The first-order valence-electron chi connectivity index (χ1n) is 7.79. The molecule has 0 atom stereocenters. The maximum absolute atomic E-state index is 10.3. The van der Waals surface area contributed by atoms with Crippen molar-refractivity contribution in [1.82, 2.24) is 0 Å². The average molecular weight is 367 g/mol. The molecule has 7 heteroatoms. The molecule has 0 saturated carbocycles. The highest BCUT2D eigenvalue weighted by Gasteiger charge is 2.03. The number of carboxylic acids is 2. The van der Waals surface area contributed by atoms with E-state index in [1.165, 1.54) is 6.07 Å². The lowest BCUT2D eigenvalue weighted by atomic mass is 10.2. The predicted molar refractivity (Wildman–Crippen MR) is 106 cm³/mol. The molecule has 0 aliphatic rings. The van der Waals surface area contributed by atoms with Gasteiger partial charge in [-0.25, -0.2) is 9.59 Å². The van der Waals surface area contributed by atoms with Crippen LogP contribution in [0.3, 0.4) is 0 Å². The summed E-state index contributed by atoms with van der Waals surface area (Å²) in [6, 6.07) is 21.9. The number of rotatable bonds is 2. The summed E-state index contributed by atoms with van der Waals surface area (Å²) in [6.07, 6.45) is 0. The molecule has 0 amide bonds. The zero-order valence-corrected chi connectivity index (χ0v) is 14.4. The normalized spacial score (nSPS) is 9.04. The molecule has 7 nitrogen and oxygen atoms in total. The maximum Gasteiger partial charge on any atom is 0.337 e. The lowest BCUT2D eigenvalue weighted by molar-refractivity contribution is 0.0686. The minimum atomic E-state index is -0.988. The Kier molecular flexibility index (Phi) is 8.40. The van der Waals surface area contributed by atoms with Crippen LogP contribution in [0.25, 0.3) is 0 Å². The molecule has 0 unspecified atom stereocenters. The third-order valence-corrected chi connectivity index (χ3v) is 3.21. The van der Waals surface area contributed by atoms with E-state index in [1.807, 2.05) is 12.1 Å². The monoisotopic (exact) mass is 367 g/mol. The largest absolute Gasteiger partial charge is 0.478 e. The number of carbonyl (C=O) groups is 2. The number of nitrogens with two attached hydrogens (primary N) is 3. The third-order valence-electron chi connectivity index (χ3n) is 3.21. The Morgan fingerprint density at radius 2 is 0.963 bits per heavy atom. The molecule has 0 aromatic heterocycles. The van der Waals surface area contributed by atoms with Crippen molar-refractivity contribution in [3.63, 3.8) is 0 Å². The number of carboxylic acid groups (broad SMARTS) is 2. The van der Waals surface area contributed by atoms with Gasteiger partial charge in [0.1, 0.15) is 0 Å². The molecule has 0 aliphatic heterocycles. The SMILES string of the molecule is Nc1ccccc1C(=O)O.Nc1ccccc1N.O=C(O)c1ccccc1. The fourth-order valence-electron chi connectivity index (χ4n) is 1.78. The molecule has 8 N–H and O–H groups in total. The van der Waals surface area contributed by atoms with Gasteiger partial charge in [-0.3, -0.25) is 0 Å². The van der Waals surface area contributed by atoms with Gasteiger partial charge >= 0.3 is 11.9 Å². The van der Waals surface area contributed by atoms with Crippen LogP contribution < -0.4 is 17.2 Å². The Balaban J connectivity index is 0.000000204. The molecular formula is C20H21N3O4. The second kappa shape index (κ2) is 10.8. The predicted octanol–water partition coefficient (Wildman–Crippen LogP) is 3.20. The maximum atomic E-state index is 10.3. The Hall–Kier alpha value is -4.00. The van der Waals surface area contributed by atoms with E-state index in [9.17, 15) is 9.59 Å². The molecule has 0 saturated heterocycles. The van der Waals surface area contributed by atoms with E-state index < -0.39 is 11.9 Å². The summed E-state index contributed by atoms with van der Waals surface area (Å²) < 4.78 is 0. The van der Waals surface area contributed by atoms with Crippen LogP contribution in [0.1, 0.15) is 20.7 Å². The van der Waals surface area contributed by atoms with Gasteiger partial charge in [0.25, 0.3) is 0 Å². The van der Waals surface area contributed by atoms with E-state index in [0.29, 0.717) is 22.6 Å². The first-order valence-corrected chi connectivity index (χ1v) is 7.79. The molecule has 3 rings (SSSR count). The number of anilines is 3. The molecule has 0 bridgehead atoms. The summed E-state index contributed by atoms with van der Waals surface area (Å²) in [4.78, 5) is 20.5. The second-order valence-corrected chi connectivity index (χ2v) is 5.19. The third kappa shape index (κ3) is 7.61. The molecule has 140 valence electrons. The Morgan fingerprint density at radius 1 is 0.556 bits per heavy atom. The van der Waals surface area contributed by atoms with Crippen LogP contribution in [-0.4, -0.2) is 22.2 Å². The van der Waals surface area contributed by atoms with Crippen LogP contribution >= 0.6 is 0 Å². The summed E-state index contributed by atoms with van der Waals surface area (Å²) >= 11 is 0. The van der Waals surface area contributed by atoms with E-state index in [0.717, 1.165) is 0 Å². The van der Waals surface area contributed by atoms with Crippen molar-refractivity contribution in [2.75, 3.05) is 17.2 Å². The summed E-state index contributed by atoms with van der Waals surface area (Å²) in [5, 5.41) is 16.9. The Labute approximate surface area is 156 Å². The first-order chi connectivity index (χ1) is 12.8. The Bertz CT molecular complexity index is 862. The number of nitrogen functional groups attached to an aromatic ring is 3. The molecule has 0 spiro atoms. The van der Waals surface area contributed by atoms with Crippen molar-refractivity contribution in [2.24, 2.45) is 0 Å². The quantitative estimate of drug-likeness (QED) is 0.436. The average Bonchev–Trinajstić information content (AvgIpc) is 2.66. The van der Waals surface area contributed by atoms with Crippen LogP contribution in [0.4, 0.5) is 17.1 Å². The van der Waals surface area contributed by atoms with E-state index in [1.54, 1.807) is 60.7 Å². The van der Waals surface area contributed by atoms with Gasteiger partial charge in [-0.1, -0.05) is 42.5 Å². The number of hydrogen-bond acceptors (Lipinski definition) is 5. The van der Waals surface area contributed by atoms with Crippen molar-refractivity contribution in [2.45, 2.75) is 0 Å². The van der Waals surface area contributed by atoms with Crippen LogP contribution in [-0.2, 0) is 0 Å². The molecular weight excluding hydrogens is 346 g/mol. The summed E-state index contributed by atoms with van der Waals surface area (Å²) in [5.41, 5.74) is 18.2. The molecule has 3 aromatic carbocycles. The first kappa shape index (κ1) is 21.0. The number of aromatic carboxylic acids is 2. The van der Waals surface area contributed by atoms with Crippen LogP contribution in [0.15, 0.2) is 78.9 Å². The van der Waals surface area contributed by atoms with Gasteiger partial charge in [-0.2, -0.15) is 0 Å². The van der Waals surface area contributed by atoms with Gasteiger partial charge in [0.05, 0.1) is 22.5 Å². The fourth-order valence-corrected chi connectivity index (χ4v) is 1.78. The topological polar surface area (TPSA) is 153 Å². The van der Waals surface area contributed by atoms with Crippen molar-refractivity contribution < 1.29 is 19.8 Å². The van der Waals surface area contributed by atoms with Gasteiger partial charge < -0.3 is 27.4 Å².